The number of hydrogen-bond acceptors (Lipinski definition) is 3. The van der Waals surface area contributed by atoms with Crippen molar-refractivity contribution in [1.29, 1.82) is 0 Å². The van der Waals surface area contributed by atoms with Crippen LogP contribution in [0.15, 0.2) is 42.5 Å². The van der Waals surface area contributed by atoms with Gasteiger partial charge in [0, 0.05) is 0 Å². The average molecular weight is 268 g/mol. The van der Waals surface area contributed by atoms with Crippen LogP contribution in [-0.2, 0) is 0 Å². The summed E-state index contributed by atoms with van der Waals surface area (Å²) in [5.41, 5.74) is 13.3. The molecule has 6 heteroatoms. The summed E-state index contributed by atoms with van der Waals surface area (Å²) >= 11 is 0. The first-order valence-electron chi connectivity index (χ1n) is 5.36. The Kier molecular flexibility index (Phi) is 3.25. The summed E-state index contributed by atoms with van der Waals surface area (Å²) in [5.74, 6) is -0.277. The van der Waals surface area contributed by atoms with Crippen molar-refractivity contribution in [2.75, 3.05) is 11.5 Å². The molecule has 0 aromatic heterocycles. The molecule has 2 aromatic carbocycles. The van der Waals surface area contributed by atoms with Crippen molar-refractivity contribution >= 4 is 11.4 Å². The van der Waals surface area contributed by atoms with Gasteiger partial charge in [0.2, 0.25) is 0 Å². The molecule has 4 N–H and O–H groups in total. The Morgan fingerprint density at radius 2 is 1.53 bits per heavy atom. The van der Waals surface area contributed by atoms with Crippen LogP contribution >= 0.6 is 0 Å². The largest absolute Gasteiger partial charge is 0.573 e. The maximum atomic E-state index is 12.1. The zero-order valence-corrected chi connectivity index (χ0v) is 9.74. The number of benzene rings is 2. The Hall–Kier alpha value is -2.37. The van der Waals surface area contributed by atoms with Crippen molar-refractivity contribution in [2.45, 2.75) is 6.36 Å². The van der Waals surface area contributed by atoms with Gasteiger partial charge in [-0.15, -0.1) is 13.2 Å². The number of hydrogen-bond donors (Lipinski definition) is 2. The molecule has 100 valence electrons. The van der Waals surface area contributed by atoms with Crippen LogP contribution in [0.3, 0.4) is 0 Å². The molecular weight excluding hydrogens is 257 g/mol. The van der Waals surface area contributed by atoms with Gasteiger partial charge in [0.15, 0.2) is 0 Å². The predicted molar refractivity (Wildman–Crippen MR) is 67.4 cm³/mol. The lowest BCUT2D eigenvalue weighted by molar-refractivity contribution is -0.274. The van der Waals surface area contributed by atoms with E-state index in [-0.39, 0.29) is 5.75 Å². The number of nitrogens with two attached hydrogens (primary N) is 2. The molecule has 0 aliphatic carbocycles. The molecule has 2 aromatic rings. The van der Waals surface area contributed by atoms with E-state index in [0.717, 1.165) is 0 Å². The molecule has 0 heterocycles. The molecule has 0 bridgehead atoms. The van der Waals surface area contributed by atoms with E-state index in [1.54, 1.807) is 24.3 Å². The first kappa shape index (κ1) is 13.1. The molecule has 0 atom stereocenters. The normalized spacial score (nSPS) is 11.3. The van der Waals surface area contributed by atoms with Crippen LogP contribution in [-0.4, -0.2) is 6.36 Å². The van der Waals surface area contributed by atoms with Gasteiger partial charge in [0.05, 0.1) is 11.4 Å². The van der Waals surface area contributed by atoms with Crippen LogP contribution < -0.4 is 16.2 Å². The van der Waals surface area contributed by atoms with Crippen molar-refractivity contribution < 1.29 is 17.9 Å². The van der Waals surface area contributed by atoms with E-state index in [1.165, 1.54) is 18.2 Å². The highest BCUT2D eigenvalue weighted by atomic mass is 19.4. The summed E-state index contributed by atoms with van der Waals surface area (Å²) < 4.78 is 40.3. The van der Waals surface area contributed by atoms with Crippen LogP contribution in [0.1, 0.15) is 0 Å². The number of halogens is 3. The SMILES string of the molecule is Nc1ccc(-c2cccc(OC(F)(F)F)c2)cc1N. The summed E-state index contributed by atoms with van der Waals surface area (Å²) in [6.45, 7) is 0. The van der Waals surface area contributed by atoms with E-state index in [0.29, 0.717) is 22.5 Å². The third-order valence-corrected chi connectivity index (χ3v) is 2.49. The highest BCUT2D eigenvalue weighted by Crippen LogP contribution is 2.30. The average Bonchev–Trinajstić information content (AvgIpc) is 2.31. The van der Waals surface area contributed by atoms with E-state index in [2.05, 4.69) is 4.74 Å². The lowest BCUT2D eigenvalue weighted by Crippen LogP contribution is -2.17. The summed E-state index contributed by atoms with van der Waals surface area (Å²) in [7, 11) is 0. The van der Waals surface area contributed by atoms with Gasteiger partial charge in [-0.25, -0.2) is 0 Å². The minimum atomic E-state index is -4.71. The van der Waals surface area contributed by atoms with E-state index in [4.69, 9.17) is 11.5 Å². The van der Waals surface area contributed by atoms with Gasteiger partial charge in [0.25, 0.3) is 0 Å². The molecule has 0 unspecified atom stereocenters. The molecule has 0 aliphatic rings. The lowest BCUT2D eigenvalue weighted by Gasteiger charge is -2.10. The number of ether oxygens (including phenoxy) is 1. The maximum absolute atomic E-state index is 12.1. The van der Waals surface area contributed by atoms with Gasteiger partial charge in [-0.1, -0.05) is 18.2 Å². The van der Waals surface area contributed by atoms with Gasteiger partial charge in [-0.2, -0.15) is 0 Å². The Labute approximate surface area is 107 Å². The molecule has 0 radical (unpaired) electrons. The zero-order valence-electron chi connectivity index (χ0n) is 9.74. The minimum Gasteiger partial charge on any atom is -0.406 e. The monoisotopic (exact) mass is 268 g/mol. The highest BCUT2D eigenvalue weighted by molar-refractivity contribution is 5.75. The van der Waals surface area contributed by atoms with E-state index >= 15 is 0 Å². The van der Waals surface area contributed by atoms with Crippen molar-refractivity contribution in [1.82, 2.24) is 0 Å². The van der Waals surface area contributed by atoms with Gasteiger partial charge < -0.3 is 16.2 Å². The fourth-order valence-electron chi connectivity index (χ4n) is 1.63. The molecule has 0 aliphatic heterocycles. The third kappa shape index (κ3) is 3.31. The number of nitrogen functional groups attached to an aromatic ring is 2. The summed E-state index contributed by atoms with van der Waals surface area (Å²) in [6, 6.07) is 10.5. The Morgan fingerprint density at radius 3 is 2.16 bits per heavy atom. The molecule has 2 rings (SSSR count). The second-order valence-electron chi connectivity index (χ2n) is 3.92. The Bertz CT molecular complexity index is 597. The molecule has 0 spiro atoms. The van der Waals surface area contributed by atoms with Gasteiger partial charge in [-0.3, -0.25) is 0 Å². The second-order valence-corrected chi connectivity index (χ2v) is 3.92. The van der Waals surface area contributed by atoms with Gasteiger partial charge in [-0.05, 0) is 35.4 Å². The number of alkyl halides is 3. The highest BCUT2D eigenvalue weighted by Gasteiger charge is 2.31. The fourth-order valence-corrected chi connectivity index (χ4v) is 1.63. The Morgan fingerprint density at radius 1 is 0.842 bits per heavy atom. The standard InChI is InChI=1S/C13H11F3N2O/c14-13(15,16)19-10-3-1-2-8(6-10)9-4-5-11(17)12(18)7-9/h1-7H,17-18H2. The molecule has 0 saturated heterocycles. The summed E-state index contributed by atoms with van der Waals surface area (Å²) in [6.07, 6.45) is -4.71. The number of anilines is 2. The molecule has 3 nitrogen and oxygen atoms in total. The van der Waals surface area contributed by atoms with Crippen molar-refractivity contribution in [3.8, 4) is 16.9 Å². The minimum absolute atomic E-state index is 0.277. The molecule has 0 fully saturated rings. The van der Waals surface area contributed by atoms with Crippen LogP contribution in [0.2, 0.25) is 0 Å². The lowest BCUT2D eigenvalue weighted by atomic mass is 10.0. The fraction of sp³-hybridized carbons (Fsp3) is 0.0769. The summed E-state index contributed by atoms with van der Waals surface area (Å²) in [4.78, 5) is 0. The number of rotatable bonds is 2. The van der Waals surface area contributed by atoms with Crippen LogP contribution in [0.25, 0.3) is 11.1 Å². The molecule has 19 heavy (non-hydrogen) atoms. The van der Waals surface area contributed by atoms with Crippen LogP contribution in [0.4, 0.5) is 24.5 Å². The smallest absolute Gasteiger partial charge is 0.406 e. The van der Waals surface area contributed by atoms with Crippen molar-refractivity contribution in [3.63, 3.8) is 0 Å². The molecule has 0 saturated carbocycles. The maximum Gasteiger partial charge on any atom is 0.573 e. The quantitative estimate of drug-likeness (QED) is 0.820. The van der Waals surface area contributed by atoms with E-state index in [9.17, 15) is 13.2 Å². The third-order valence-electron chi connectivity index (χ3n) is 2.49. The van der Waals surface area contributed by atoms with Crippen LogP contribution in [0, 0.1) is 0 Å². The van der Waals surface area contributed by atoms with Gasteiger partial charge >= 0.3 is 6.36 Å². The first-order valence-corrected chi connectivity index (χ1v) is 5.36. The molecule has 0 amide bonds. The van der Waals surface area contributed by atoms with E-state index in [1.807, 2.05) is 0 Å². The topological polar surface area (TPSA) is 61.3 Å². The Balaban J connectivity index is 2.35. The van der Waals surface area contributed by atoms with E-state index < -0.39 is 6.36 Å². The van der Waals surface area contributed by atoms with Crippen molar-refractivity contribution in [3.05, 3.63) is 42.5 Å². The van der Waals surface area contributed by atoms with Crippen molar-refractivity contribution in [2.24, 2.45) is 0 Å². The van der Waals surface area contributed by atoms with Crippen LogP contribution in [0.5, 0.6) is 5.75 Å². The zero-order chi connectivity index (χ0) is 14.0. The molecular formula is C13H11F3N2O. The predicted octanol–water partition coefficient (Wildman–Crippen LogP) is 3.42. The summed E-state index contributed by atoms with van der Waals surface area (Å²) in [5, 5.41) is 0. The second kappa shape index (κ2) is 4.72. The van der Waals surface area contributed by atoms with Gasteiger partial charge in [0.1, 0.15) is 5.75 Å². The first-order chi connectivity index (χ1) is 8.85.